The lowest BCUT2D eigenvalue weighted by Gasteiger charge is -2.32. The van der Waals surface area contributed by atoms with Gasteiger partial charge in [0.25, 0.3) is 5.91 Å². The highest BCUT2D eigenvalue weighted by Gasteiger charge is 2.28. The smallest absolute Gasteiger partial charge is 0.274 e. The Bertz CT molecular complexity index is 767. The molecule has 2 fully saturated rings. The SMILES string of the molecule is O=C(c1ccn(C2CCCCC2)n1)N1CCOC(c2cccc(O)c2)C1. The van der Waals surface area contributed by atoms with Crippen molar-refractivity contribution in [2.24, 2.45) is 0 Å². The number of carbonyl (C=O) groups is 1. The molecule has 26 heavy (non-hydrogen) atoms. The number of aromatic nitrogens is 2. The predicted molar refractivity (Wildman–Crippen MR) is 97.1 cm³/mol. The summed E-state index contributed by atoms with van der Waals surface area (Å²) >= 11 is 0. The molecule has 1 N–H and O–H groups in total. The average molecular weight is 355 g/mol. The molecular weight excluding hydrogens is 330 g/mol. The standard InChI is InChI=1S/C20H25N3O3/c24-17-8-4-5-15(13-17)19-14-22(11-12-26-19)20(25)18-9-10-23(21-18)16-6-2-1-3-7-16/h4-5,8-10,13,16,19,24H,1-3,6-7,11-12,14H2. The lowest BCUT2D eigenvalue weighted by molar-refractivity contribution is -0.0231. The van der Waals surface area contributed by atoms with E-state index in [0.717, 1.165) is 18.4 Å². The number of benzene rings is 1. The maximum atomic E-state index is 12.9. The molecule has 1 aromatic carbocycles. The van der Waals surface area contributed by atoms with Crippen LogP contribution in [0.4, 0.5) is 0 Å². The summed E-state index contributed by atoms with van der Waals surface area (Å²) in [6, 6.07) is 9.28. The number of hydrogen-bond acceptors (Lipinski definition) is 4. The first-order valence-corrected chi connectivity index (χ1v) is 9.45. The van der Waals surface area contributed by atoms with Crippen LogP contribution in [0.1, 0.15) is 60.3 Å². The van der Waals surface area contributed by atoms with Crippen molar-refractivity contribution >= 4 is 5.91 Å². The molecule has 1 aliphatic carbocycles. The van der Waals surface area contributed by atoms with Crippen LogP contribution >= 0.6 is 0 Å². The van der Waals surface area contributed by atoms with Crippen molar-refractivity contribution in [3.05, 3.63) is 47.8 Å². The third-order valence-corrected chi connectivity index (χ3v) is 5.37. The minimum Gasteiger partial charge on any atom is -0.508 e. The summed E-state index contributed by atoms with van der Waals surface area (Å²) < 4.78 is 7.78. The van der Waals surface area contributed by atoms with Gasteiger partial charge in [0.05, 0.1) is 19.2 Å². The molecule has 6 heteroatoms. The summed E-state index contributed by atoms with van der Waals surface area (Å²) in [4.78, 5) is 14.7. The second-order valence-electron chi connectivity index (χ2n) is 7.18. The van der Waals surface area contributed by atoms with Gasteiger partial charge in [-0.1, -0.05) is 31.4 Å². The van der Waals surface area contributed by atoms with Crippen LogP contribution in [0.25, 0.3) is 0 Å². The maximum Gasteiger partial charge on any atom is 0.274 e. The normalized spacial score (nSPS) is 21.7. The van der Waals surface area contributed by atoms with Gasteiger partial charge in [-0.2, -0.15) is 5.10 Å². The number of hydrogen-bond donors (Lipinski definition) is 1. The third-order valence-electron chi connectivity index (χ3n) is 5.37. The molecule has 0 spiro atoms. The molecule has 1 aliphatic heterocycles. The van der Waals surface area contributed by atoms with Gasteiger partial charge in [-0.15, -0.1) is 0 Å². The molecule has 0 bridgehead atoms. The van der Waals surface area contributed by atoms with Gasteiger partial charge >= 0.3 is 0 Å². The Morgan fingerprint density at radius 1 is 1.19 bits per heavy atom. The molecule has 6 nitrogen and oxygen atoms in total. The van der Waals surface area contributed by atoms with E-state index >= 15 is 0 Å². The molecule has 1 atom stereocenters. The van der Waals surface area contributed by atoms with Crippen LogP contribution in [0.2, 0.25) is 0 Å². The highest BCUT2D eigenvalue weighted by molar-refractivity contribution is 5.92. The van der Waals surface area contributed by atoms with E-state index < -0.39 is 0 Å². The molecule has 1 aromatic heterocycles. The van der Waals surface area contributed by atoms with E-state index in [1.807, 2.05) is 23.0 Å². The van der Waals surface area contributed by atoms with E-state index in [2.05, 4.69) is 5.10 Å². The summed E-state index contributed by atoms with van der Waals surface area (Å²) in [5.41, 5.74) is 1.39. The molecule has 1 saturated heterocycles. The molecule has 1 unspecified atom stereocenters. The largest absolute Gasteiger partial charge is 0.508 e. The zero-order valence-corrected chi connectivity index (χ0v) is 14.9. The van der Waals surface area contributed by atoms with Gasteiger partial charge in [-0.05, 0) is 36.6 Å². The zero-order valence-electron chi connectivity index (χ0n) is 14.9. The number of phenolic OH excluding ortho intramolecular Hbond substituents is 1. The van der Waals surface area contributed by atoms with E-state index in [0.29, 0.717) is 31.4 Å². The first-order chi connectivity index (χ1) is 12.7. The molecule has 1 amide bonds. The topological polar surface area (TPSA) is 67.6 Å². The van der Waals surface area contributed by atoms with Crippen molar-refractivity contribution in [2.45, 2.75) is 44.2 Å². The van der Waals surface area contributed by atoms with Crippen LogP contribution in [-0.4, -0.2) is 45.4 Å². The Hall–Kier alpha value is -2.34. The number of carbonyl (C=O) groups excluding carboxylic acids is 1. The number of rotatable bonds is 3. The Balaban J connectivity index is 1.45. The van der Waals surface area contributed by atoms with Crippen LogP contribution in [-0.2, 0) is 4.74 Å². The van der Waals surface area contributed by atoms with Crippen molar-refractivity contribution in [3.8, 4) is 5.75 Å². The van der Waals surface area contributed by atoms with Gasteiger partial charge in [-0.3, -0.25) is 9.48 Å². The highest BCUT2D eigenvalue weighted by Crippen LogP contribution is 2.28. The van der Waals surface area contributed by atoms with E-state index in [1.165, 1.54) is 19.3 Å². The summed E-state index contributed by atoms with van der Waals surface area (Å²) in [6.07, 6.45) is 7.79. The fourth-order valence-electron chi connectivity index (χ4n) is 3.92. The summed E-state index contributed by atoms with van der Waals surface area (Å²) in [7, 11) is 0. The van der Waals surface area contributed by atoms with Crippen molar-refractivity contribution in [1.29, 1.82) is 0 Å². The Kier molecular flexibility index (Phi) is 4.93. The molecule has 138 valence electrons. The first kappa shape index (κ1) is 17.1. The quantitative estimate of drug-likeness (QED) is 0.917. The van der Waals surface area contributed by atoms with Crippen LogP contribution in [0.3, 0.4) is 0 Å². The van der Waals surface area contributed by atoms with Crippen molar-refractivity contribution in [3.63, 3.8) is 0 Å². The number of phenols is 1. The second kappa shape index (κ2) is 7.50. The summed E-state index contributed by atoms with van der Waals surface area (Å²) in [6.45, 7) is 1.51. The van der Waals surface area contributed by atoms with E-state index in [9.17, 15) is 9.90 Å². The van der Waals surface area contributed by atoms with E-state index in [1.54, 1.807) is 23.1 Å². The summed E-state index contributed by atoms with van der Waals surface area (Å²) in [5, 5.41) is 14.2. The van der Waals surface area contributed by atoms with Gasteiger partial charge in [0.2, 0.25) is 0 Å². The van der Waals surface area contributed by atoms with Gasteiger partial charge in [0.15, 0.2) is 0 Å². The molecule has 0 radical (unpaired) electrons. The molecule has 2 aliphatic rings. The van der Waals surface area contributed by atoms with Crippen LogP contribution in [0.15, 0.2) is 36.5 Å². The zero-order chi connectivity index (χ0) is 17.9. The maximum absolute atomic E-state index is 12.9. The van der Waals surface area contributed by atoms with Gasteiger partial charge in [0.1, 0.15) is 17.5 Å². The number of morpholine rings is 1. The van der Waals surface area contributed by atoms with Gasteiger partial charge in [-0.25, -0.2) is 0 Å². The second-order valence-corrected chi connectivity index (χ2v) is 7.18. The monoisotopic (exact) mass is 355 g/mol. The number of aromatic hydroxyl groups is 1. The molecule has 2 heterocycles. The molecule has 4 rings (SSSR count). The third kappa shape index (κ3) is 3.60. The number of ether oxygens (including phenoxy) is 1. The van der Waals surface area contributed by atoms with E-state index in [4.69, 9.17) is 4.74 Å². The minimum atomic E-state index is -0.222. The highest BCUT2D eigenvalue weighted by atomic mass is 16.5. The van der Waals surface area contributed by atoms with Crippen molar-refractivity contribution in [2.75, 3.05) is 19.7 Å². The Morgan fingerprint density at radius 2 is 2.04 bits per heavy atom. The predicted octanol–water partition coefficient (Wildman–Crippen LogP) is 3.31. The van der Waals surface area contributed by atoms with Crippen molar-refractivity contribution < 1.29 is 14.6 Å². The fraction of sp³-hybridized carbons (Fsp3) is 0.500. The van der Waals surface area contributed by atoms with E-state index in [-0.39, 0.29) is 17.8 Å². The molecular formula is C20H25N3O3. The first-order valence-electron chi connectivity index (χ1n) is 9.45. The van der Waals surface area contributed by atoms with Crippen LogP contribution in [0.5, 0.6) is 5.75 Å². The fourth-order valence-corrected chi connectivity index (χ4v) is 3.92. The van der Waals surface area contributed by atoms with Crippen LogP contribution < -0.4 is 0 Å². The lowest BCUT2D eigenvalue weighted by Crippen LogP contribution is -2.42. The van der Waals surface area contributed by atoms with Gasteiger partial charge < -0.3 is 14.7 Å². The number of amides is 1. The lowest BCUT2D eigenvalue weighted by atomic mass is 9.96. The Labute approximate surface area is 153 Å². The Morgan fingerprint density at radius 3 is 2.85 bits per heavy atom. The molecule has 2 aromatic rings. The van der Waals surface area contributed by atoms with Crippen LogP contribution in [0, 0.1) is 0 Å². The number of nitrogens with zero attached hydrogens (tertiary/aromatic N) is 3. The van der Waals surface area contributed by atoms with Gasteiger partial charge in [0, 0.05) is 12.7 Å². The summed E-state index contributed by atoms with van der Waals surface area (Å²) in [5.74, 6) is 0.161. The molecule has 1 saturated carbocycles. The average Bonchev–Trinajstić information content (AvgIpc) is 3.18. The minimum absolute atomic E-state index is 0.0481. The van der Waals surface area contributed by atoms with Crippen molar-refractivity contribution in [1.82, 2.24) is 14.7 Å².